The number of pyridine rings is 1. The lowest BCUT2D eigenvalue weighted by atomic mass is 10.3. The average Bonchev–Trinajstić information content (AvgIpc) is 2.34. The molecule has 0 bridgehead atoms. The summed E-state index contributed by atoms with van der Waals surface area (Å²) in [5, 5.41) is -0.117. The van der Waals surface area contributed by atoms with E-state index >= 15 is 0 Å². The number of hydrogen-bond donors (Lipinski definition) is 1. The highest BCUT2D eigenvalue weighted by atomic mass is 35.5. The Bertz CT molecular complexity index is 548. The van der Waals surface area contributed by atoms with Crippen molar-refractivity contribution in [1.82, 2.24) is 9.29 Å². The van der Waals surface area contributed by atoms with Crippen LogP contribution in [0.5, 0.6) is 0 Å². The first-order chi connectivity index (χ1) is 8.89. The molecule has 0 aliphatic rings. The number of sulfonamides is 1. The maximum absolute atomic E-state index is 12.4. The van der Waals surface area contributed by atoms with Crippen LogP contribution in [0, 0.1) is 0 Å². The number of nitrogens with zero attached hydrogens (tertiary/aromatic N) is 2. The molecule has 1 heterocycles. The van der Waals surface area contributed by atoms with Crippen LogP contribution in [-0.2, 0) is 14.8 Å². The van der Waals surface area contributed by atoms with Gasteiger partial charge in [-0.25, -0.2) is 13.4 Å². The van der Waals surface area contributed by atoms with Gasteiger partial charge in [-0.1, -0.05) is 24.9 Å². The Labute approximate surface area is 117 Å². The summed E-state index contributed by atoms with van der Waals surface area (Å²) in [6, 6.07) is 2.83. The number of amides is 1. The molecular formula is C11H16ClN3O3S. The van der Waals surface area contributed by atoms with E-state index in [0.29, 0.717) is 6.42 Å². The SMILES string of the molecule is CCCCN(CC(N)=O)S(=O)(=O)c1cccnc1Cl. The normalized spacial score (nSPS) is 11.7. The minimum Gasteiger partial charge on any atom is -0.369 e. The molecule has 1 amide bonds. The van der Waals surface area contributed by atoms with Crippen LogP contribution in [-0.4, -0.2) is 36.7 Å². The lowest BCUT2D eigenvalue weighted by Crippen LogP contribution is -2.39. The quantitative estimate of drug-likeness (QED) is 0.761. The van der Waals surface area contributed by atoms with E-state index in [1.54, 1.807) is 0 Å². The molecule has 0 saturated carbocycles. The van der Waals surface area contributed by atoms with Crippen molar-refractivity contribution in [1.29, 1.82) is 0 Å². The highest BCUT2D eigenvalue weighted by molar-refractivity contribution is 7.89. The van der Waals surface area contributed by atoms with Gasteiger partial charge in [0.15, 0.2) is 0 Å². The lowest BCUT2D eigenvalue weighted by molar-refractivity contribution is -0.118. The van der Waals surface area contributed by atoms with Gasteiger partial charge in [0.1, 0.15) is 10.0 Å². The maximum atomic E-state index is 12.4. The van der Waals surface area contributed by atoms with E-state index in [9.17, 15) is 13.2 Å². The number of hydrogen-bond acceptors (Lipinski definition) is 4. The average molecular weight is 306 g/mol. The summed E-state index contributed by atoms with van der Waals surface area (Å²) in [4.78, 5) is 14.6. The molecule has 8 heteroatoms. The molecule has 106 valence electrons. The molecule has 1 rings (SSSR count). The van der Waals surface area contributed by atoms with E-state index in [-0.39, 0.29) is 23.1 Å². The Morgan fingerprint density at radius 1 is 1.53 bits per heavy atom. The molecule has 0 aliphatic carbocycles. The van der Waals surface area contributed by atoms with E-state index in [4.69, 9.17) is 17.3 Å². The molecule has 0 radical (unpaired) electrons. The summed E-state index contributed by atoms with van der Waals surface area (Å²) in [7, 11) is -3.86. The molecular weight excluding hydrogens is 290 g/mol. The molecule has 0 spiro atoms. The molecule has 0 aromatic carbocycles. The second-order valence-corrected chi connectivity index (χ2v) is 6.22. The largest absolute Gasteiger partial charge is 0.369 e. The molecule has 0 atom stereocenters. The summed E-state index contributed by atoms with van der Waals surface area (Å²) in [6.07, 6.45) is 2.82. The molecule has 0 fully saturated rings. The van der Waals surface area contributed by atoms with Gasteiger partial charge in [-0.05, 0) is 18.6 Å². The van der Waals surface area contributed by atoms with Crippen LogP contribution in [0.1, 0.15) is 19.8 Å². The molecule has 1 aromatic rings. The Morgan fingerprint density at radius 3 is 2.74 bits per heavy atom. The van der Waals surface area contributed by atoms with Crippen molar-refractivity contribution in [3.05, 3.63) is 23.5 Å². The first-order valence-corrected chi connectivity index (χ1v) is 7.60. The van der Waals surface area contributed by atoms with Crippen molar-refractivity contribution < 1.29 is 13.2 Å². The standard InChI is InChI=1S/C11H16ClN3O3S/c1-2-3-7-15(8-10(13)16)19(17,18)9-5-4-6-14-11(9)12/h4-6H,2-3,7-8H2,1H3,(H2,13,16). The second kappa shape index (κ2) is 6.83. The summed E-state index contributed by atoms with van der Waals surface area (Å²) in [6.45, 7) is 1.77. The van der Waals surface area contributed by atoms with E-state index in [0.717, 1.165) is 10.7 Å². The molecule has 0 aliphatic heterocycles. The van der Waals surface area contributed by atoms with Gasteiger partial charge >= 0.3 is 0 Å². The molecule has 1 aromatic heterocycles. The molecule has 0 saturated heterocycles. The third-order valence-electron chi connectivity index (χ3n) is 2.44. The number of halogens is 1. The number of rotatable bonds is 7. The van der Waals surface area contributed by atoms with Crippen molar-refractivity contribution >= 4 is 27.5 Å². The van der Waals surface area contributed by atoms with E-state index in [1.165, 1.54) is 18.3 Å². The van der Waals surface area contributed by atoms with Gasteiger partial charge in [-0.3, -0.25) is 4.79 Å². The minimum atomic E-state index is -3.86. The highest BCUT2D eigenvalue weighted by Crippen LogP contribution is 2.22. The second-order valence-electron chi connectivity index (χ2n) is 3.95. The van der Waals surface area contributed by atoms with Crippen LogP contribution in [0.15, 0.2) is 23.2 Å². The summed E-state index contributed by atoms with van der Waals surface area (Å²) < 4.78 is 25.8. The third kappa shape index (κ3) is 4.15. The van der Waals surface area contributed by atoms with Crippen molar-refractivity contribution in [2.45, 2.75) is 24.7 Å². The van der Waals surface area contributed by atoms with Gasteiger partial charge in [0.25, 0.3) is 0 Å². The van der Waals surface area contributed by atoms with Gasteiger partial charge < -0.3 is 5.73 Å². The van der Waals surface area contributed by atoms with Crippen LogP contribution in [0.4, 0.5) is 0 Å². The summed E-state index contributed by atoms with van der Waals surface area (Å²) >= 11 is 5.79. The maximum Gasteiger partial charge on any atom is 0.246 e. The Balaban J connectivity index is 3.12. The first kappa shape index (κ1) is 15.9. The van der Waals surface area contributed by atoms with Crippen molar-refractivity contribution in [3.63, 3.8) is 0 Å². The van der Waals surface area contributed by atoms with Gasteiger partial charge in [0, 0.05) is 12.7 Å². The minimum absolute atomic E-state index is 0.117. The Kier molecular flexibility index (Phi) is 5.71. The highest BCUT2D eigenvalue weighted by Gasteiger charge is 2.27. The fourth-order valence-corrected chi connectivity index (χ4v) is 3.37. The van der Waals surface area contributed by atoms with Crippen molar-refractivity contribution in [3.8, 4) is 0 Å². The third-order valence-corrected chi connectivity index (χ3v) is 4.73. The van der Waals surface area contributed by atoms with Crippen molar-refractivity contribution in [2.75, 3.05) is 13.1 Å². The smallest absolute Gasteiger partial charge is 0.246 e. The van der Waals surface area contributed by atoms with Gasteiger partial charge in [-0.15, -0.1) is 0 Å². The van der Waals surface area contributed by atoms with Crippen LogP contribution in [0.3, 0.4) is 0 Å². The van der Waals surface area contributed by atoms with Crippen LogP contribution >= 0.6 is 11.6 Å². The lowest BCUT2D eigenvalue weighted by Gasteiger charge is -2.20. The van der Waals surface area contributed by atoms with Gasteiger partial charge in [-0.2, -0.15) is 4.31 Å². The predicted molar refractivity (Wildman–Crippen MR) is 72.1 cm³/mol. The molecule has 2 N–H and O–H groups in total. The Morgan fingerprint density at radius 2 is 2.21 bits per heavy atom. The predicted octanol–water partition coefficient (Wildman–Crippen LogP) is 1.01. The zero-order valence-electron chi connectivity index (χ0n) is 10.5. The van der Waals surface area contributed by atoms with Crippen molar-refractivity contribution in [2.24, 2.45) is 5.73 Å². The number of aromatic nitrogens is 1. The zero-order chi connectivity index (χ0) is 14.5. The van der Waals surface area contributed by atoms with E-state index < -0.39 is 15.9 Å². The van der Waals surface area contributed by atoms with E-state index in [2.05, 4.69) is 4.98 Å². The molecule has 19 heavy (non-hydrogen) atoms. The summed E-state index contributed by atoms with van der Waals surface area (Å²) in [5.41, 5.74) is 5.08. The van der Waals surface area contributed by atoms with Crippen LogP contribution in [0.2, 0.25) is 5.15 Å². The van der Waals surface area contributed by atoms with Gasteiger partial charge in [0.05, 0.1) is 6.54 Å². The molecule has 0 unspecified atom stereocenters. The first-order valence-electron chi connectivity index (χ1n) is 5.78. The fourth-order valence-electron chi connectivity index (χ4n) is 1.50. The van der Waals surface area contributed by atoms with Crippen LogP contribution < -0.4 is 5.73 Å². The number of nitrogens with two attached hydrogens (primary N) is 1. The van der Waals surface area contributed by atoms with Gasteiger partial charge in [0.2, 0.25) is 15.9 Å². The topological polar surface area (TPSA) is 93.4 Å². The number of primary amides is 1. The van der Waals surface area contributed by atoms with Crippen LogP contribution in [0.25, 0.3) is 0 Å². The molecule has 6 nitrogen and oxygen atoms in total. The monoisotopic (exact) mass is 305 g/mol. The number of carbonyl (C=O) groups excluding carboxylic acids is 1. The zero-order valence-corrected chi connectivity index (χ0v) is 12.1. The van der Waals surface area contributed by atoms with E-state index in [1.807, 2.05) is 6.92 Å². The number of unbranched alkanes of at least 4 members (excludes halogenated alkanes) is 1. The fraction of sp³-hybridized carbons (Fsp3) is 0.455. The number of carbonyl (C=O) groups is 1. The summed E-state index contributed by atoms with van der Waals surface area (Å²) in [5.74, 6) is -0.709. The Hall–Kier alpha value is -1.18.